The van der Waals surface area contributed by atoms with Crippen LogP contribution < -0.4 is 5.32 Å². The molecule has 0 aliphatic carbocycles. The molecular weight excluding hydrogens is 266 g/mol. The van der Waals surface area contributed by atoms with Crippen LogP contribution in [0, 0.1) is 0 Å². The van der Waals surface area contributed by atoms with E-state index in [1.807, 2.05) is 10.9 Å². The molecule has 2 unspecified atom stereocenters. The Hall–Kier alpha value is -0.980. The van der Waals surface area contributed by atoms with Gasteiger partial charge < -0.3 is 10.1 Å². The number of morpholine rings is 1. The van der Waals surface area contributed by atoms with Crippen LogP contribution in [-0.2, 0) is 11.3 Å². The van der Waals surface area contributed by atoms with Gasteiger partial charge in [-0.3, -0.25) is 4.90 Å². The first-order valence-corrected chi connectivity index (χ1v) is 8.25. The first kappa shape index (κ1) is 16.4. The molecule has 0 spiro atoms. The fraction of sp³-hybridized carbons (Fsp3) is 0.867. The zero-order chi connectivity index (χ0) is 15.1. The van der Waals surface area contributed by atoms with Crippen molar-refractivity contribution in [2.24, 2.45) is 0 Å². The normalized spacial score (nSPS) is 21.6. The smallest absolute Gasteiger partial charge is 0.0912 e. The molecule has 1 aromatic rings. The van der Waals surface area contributed by atoms with E-state index in [9.17, 15) is 0 Å². The second-order valence-corrected chi connectivity index (χ2v) is 5.62. The second kappa shape index (κ2) is 8.46. The van der Waals surface area contributed by atoms with Crippen molar-refractivity contribution >= 4 is 0 Å². The molecule has 2 rings (SSSR count). The lowest BCUT2D eigenvalue weighted by atomic mass is 10.1. The van der Waals surface area contributed by atoms with Crippen LogP contribution in [-0.4, -0.2) is 58.8 Å². The number of nitrogens with zero attached hydrogens (tertiary/aromatic N) is 4. The van der Waals surface area contributed by atoms with Gasteiger partial charge in [0.2, 0.25) is 0 Å². The van der Waals surface area contributed by atoms with Gasteiger partial charge in [-0.15, -0.1) is 5.10 Å². The third kappa shape index (κ3) is 4.25. The van der Waals surface area contributed by atoms with Crippen molar-refractivity contribution in [3.05, 3.63) is 11.9 Å². The number of likely N-dealkylation sites (N-methyl/N-ethyl adjacent to an activating group) is 1. The van der Waals surface area contributed by atoms with E-state index >= 15 is 0 Å². The first-order valence-electron chi connectivity index (χ1n) is 8.25. The van der Waals surface area contributed by atoms with Crippen molar-refractivity contribution in [3.8, 4) is 0 Å². The lowest BCUT2D eigenvalue weighted by molar-refractivity contribution is -0.0469. The third-order valence-electron chi connectivity index (χ3n) is 4.01. The lowest BCUT2D eigenvalue weighted by Crippen LogP contribution is -2.48. The second-order valence-electron chi connectivity index (χ2n) is 5.62. The molecular formula is C15H29N5O. The fourth-order valence-corrected chi connectivity index (χ4v) is 2.84. The minimum atomic E-state index is 0.166. The van der Waals surface area contributed by atoms with Crippen molar-refractivity contribution in [2.75, 3.05) is 32.8 Å². The Kier molecular flexibility index (Phi) is 6.60. The molecule has 6 heteroatoms. The zero-order valence-corrected chi connectivity index (χ0v) is 13.6. The molecule has 21 heavy (non-hydrogen) atoms. The van der Waals surface area contributed by atoms with Crippen LogP contribution in [0.3, 0.4) is 0 Å². The Morgan fingerprint density at radius 2 is 2.24 bits per heavy atom. The molecule has 1 aliphatic heterocycles. The summed E-state index contributed by atoms with van der Waals surface area (Å²) >= 11 is 0. The van der Waals surface area contributed by atoms with Crippen molar-refractivity contribution in [1.82, 2.24) is 25.2 Å². The number of nitrogens with one attached hydrogen (secondary N) is 1. The number of rotatable bonds is 8. The van der Waals surface area contributed by atoms with Crippen LogP contribution in [0.2, 0.25) is 0 Å². The molecule has 2 atom stereocenters. The number of aromatic nitrogens is 3. The SMILES string of the molecule is CCCNC(c1cnnn1CCC)C1CN(CC)CCO1. The molecule has 120 valence electrons. The van der Waals surface area contributed by atoms with Crippen molar-refractivity contribution in [2.45, 2.75) is 52.3 Å². The molecule has 6 nitrogen and oxygen atoms in total. The summed E-state index contributed by atoms with van der Waals surface area (Å²) in [6, 6.07) is 0.167. The van der Waals surface area contributed by atoms with Gasteiger partial charge in [0.05, 0.1) is 30.6 Å². The summed E-state index contributed by atoms with van der Waals surface area (Å²) in [5, 5.41) is 12.0. The van der Waals surface area contributed by atoms with E-state index in [1.165, 1.54) is 0 Å². The Labute approximate surface area is 127 Å². The van der Waals surface area contributed by atoms with Crippen molar-refractivity contribution in [1.29, 1.82) is 0 Å². The Morgan fingerprint density at radius 3 is 2.95 bits per heavy atom. The highest BCUT2D eigenvalue weighted by atomic mass is 16.5. The largest absolute Gasteiger partial charge is 0.374 e. The van der Waals surface area contributed by atoms with Crippen LogP contribution in [0.4, 0.5) is 0 Å². The molecule has 1 aromatic heterocycles. The van der Waals surface area contributed by atoms with Gasteiger partial charge in [-0.25, -0.2) is 4.68 Å². The molecule has 0 saturated carbocycles. The van der Waals surface area contributed by atoms with E-state index in [0.29, 0.717) is 0 Å². The predicted octanol–water partition coefficient (Wildman–Crippen LogP) is 1.45. The van der Waals surface area contributed by atoms with E-state index in [4.69, 9.17) is 4.74 Å². The minimum absolute atomic E-state index is 0.166. The van der Waals surface area contributed by atoms with Gasteiger partial charge in [-0.1, -0.05) is 26.0 Å². The third-order valence-corrected chi connectivity index (χ3v) is 4.01. The fourth-order valence-electron chi connectivity index (χ4n) is 2.84. The lowest BCUT2D eigenvalue weighted by Gasteiger charge is -2.36. The molecule has 0 bridgehead atoms. The summed E-state index contributed by atoms with van der Waals surface area (Å²) in [5.41, 5.74) is 1.15. The highest BCUT2D eigenvalue weighted by Gasteiger charge is 2.30. The standard InChI is InChI=1S/C15H29N5O/c1-4-7-16-15(13-11-17-18-20(13)8-5-2)14-12-19(6-3)9-10-21-14/h11,14-16H,4-10,12H2,1-3H3. The van der Waals surface area contributed by atoms with Crippen LogP contribution in [0.5, 0.6) is 0 Å². The molecule has 0 aromatic carbocycles. The van der Waals surface area contributed by atoms with Gasteiger partial charge in [0.25, 0.3) is 0 Å². The average Bonchev–Trinajstić information content (AvgIpc) is 2.97. The predicted molar refractivity (Wildman–Crippen MR) is 83.2 cm³/mol. The van der Waals surface area contributed by atoms with Crippen LogP contribution in [0.15, 0.2) is 6.20 Å². The molecule has 1 aliphatic rings. The van der Waals surface area contributed by atoms with Gasteiger partial charge in [-0.05, 0) is 25.9 Å². The van der Waals surface area contributed by atoms with E-state index in [0.717, 1.165) is 57.9 Å². The van der Waals surface area contributed by atoms with Gasteiger partial charge in [0.1, 0.15) is 0 Å². The molecule has 0 amide bonds. The summed E-state index contributed by atoms with van der Waals surface area (Å²) < 4.78 is 8.07. The van der Waals surface area contributed by atoms with Gasteiger partial charge >= 0.3 is 0 Å². The maximum atomic E-state index is 6.05. The molecule has 2 heterocycles. The van der Waals surface area contributed by atoms with Crippen molar-refractivity contribution in [3.63, 3.8) is 0 Å². The summed E-state index contributed by atoms with van der Waals surface area (Å²) in [7, 11) is 0. The molecule has 1 saturated heterocycles. The summed E-state index contributed by atoms with van der Waals surface area (Å²) in [6.45, 7) is 12.3. The summed E-state index contributed by atoms with van der Waals surface area (Å²) in [4.78, 5) is 2.45. The minimum Gasteiger partial charge on any atom is -0.374 e. The van der Waals surface area contributed by atoms with Gasteiger partial charge in [-0.2, -0.15) is 0 Å². The van der Waals surface area contributed by atoms with Crippen molar-refractivity contribution < 1.29 is 4.74 Å². The number of aryl methyl sites for hydroxylation is 1. The summed E-state index contributed by atoms with van der Waals surface area (Å²) in [6.07, 6.45) is 4.22. The highest BCUT2D eigenvalue weighted by molar-refractivity contribution is 5.06. The molecule has 0 radical (unpaired) electrons. The van der Waals surface area contributed by atoms with Gasteiger partial charge in [0.15, 0.2) is 0 Å². The first-order chi connectivity index (χ1) is 10.3. The number of hydrogen-bond donors (Lipinski definition) is 1. The molecule has 1 fully saturated rings. The maximum absolute atomic E-state index is 6.05. The Balaban J connectivity index is 2.14. The van der Waals surface area contributed by atoms with Crippen LogP contribution in [0.25, 0.3) is 0 Å². The average molecular weight is 295 g/mol. The monoisotopic (exact) mass is 295 g/mol. The number of hydrogen-bond acceptors (Lipinski definition) is 5. The summed E-state index contributed by atoms with van der Waals surface area (Å²) in [5.74, 6) is 0. The molecule has 1 N–H and O–H groups in total. The van der Waals surface area contributed by atoms with E-state index in [1.54, 1.807) is 0 Å². The highest BCUT2D eigenvalue weighted by Crippen LogP contribution is 2.22. The zero-order valence-electron chi connectivity index (χ0n) is 13.6. The van der Waals surface area contributed by atoms with Gasteiger partial charge in [0, 0.05) is 19.6 Å². The topological polar surface area (TPSA) is 55.2 Å². The quantitative estimate of drug-likeness (QED) is 0.786. The van der Waals surface area contributed by atoms with E-state index in [2.05, 4.69) is 41.3 Å². The van der Waals surface area contributed by atoms with Crippen LogP contribution >= 0.6 is 0 Å². The van der Waals surface area contributed by atoms with Crippen LogP contribution in [0.1, 0.15) is 45.3 Å². The Bertz CT molecular complexity index is 409. The van der Waals surface area contributed by atoms with E-state index in [-0.39, 0.29) is 12.1 Å². The number of ether oxygens (including phenoxy) is 1. The van der Waals surface area contributed by atoms with E-state index < -0.39 is 0 Å². The maximum Gasteiger partial charge on any atom is 0.0912 e. The Morgan fingerprint density at radius 1 is 1.38 bits per heavy atom.